The van der Waals surface area contributed by atoms with E-state index in [0.717, 1.165) is 92.0 Å². The summed E-state index contributed by atoms with van der Waals surface area (Å²) in [4.78, 5) is 2.08. The van der Waals surface area contributed by atoms with Gasteiger partial charge in [0.05, 0.1) is 21.4 Å². The van der Waals surface area contributed by atoms with E-state index in [1.807, 2.05) is 0 Å². The number of halogens is 3. The average Bonchev–Trinajstić information content (AvgIpc) is 3.69. The summed E-state index contributed by atoms with van der Waals surface area (Å²) >= 11 is 11.9. The number of benzene rings is 2. The highest BCUT2D eigenvalue weighted by Gasteiger charge is 2.29. The first-order chi connectivity index (χ1) is 18.3. The zero-order valence-corrected chi connectivity index (χ0v) is 27.6. The Morgan fingerprint density at radius 2 is 1.18 bits per heavy atom. The summed E-state index contributed by atoms with van der Waals surface area (Å²) < 4.78 is 30.7. The summed E-state index contributed by atoms with van der Waals surface area (Å²) in [7, 11) is 2.09. The highest BCUT2D eigenvalue weighted by atomic mass is 127. The monoisotopic (exact) mass is 822 g/mol. The summed E-state index contributed by atoms with van der Waals surface area (Å²) in [5.74, 6) is 1.74. The summed E-state index contributed by atoms with van der Waals surface area (Å²) in [6.45, 7) is 4.16. The minimum atomic E-state index is 0.782. The Balaban J connectivity index is 1.31. The van der Waals surface area contributed by atoms with Crippen molar-refractivity contribution in [1.82, 2.24) is 0 Å². The maximum absolute atomic E-state index is 6.51. The van der Waals surface area contributed by atoms with Crippen LogP contribution in [0.2, 0.25) is 0 Å². The molecule has 38 heavy (non-hydrogen) atoms. The van der Waals surface area contributed by atoms with E-state index in [1.54, 1.807) is 22.7 Å². The molecule has 0 fully saturated rings. The predicted molar refractivity (Wildman–Crippen MR) is 180 cm³/mol. The van der Waals surface area contributed by atoms with E-state index < -0.39 is 0 Å². The van der Waals surface area contributed by atoms with E-state index >= 15 is 0 Å². The Morgan fingerprint density at radius 3 is 1.79 bits per heavy atom. The van der Waals surface area contributed by atoms with Crippen molar-refractivity contribution in [3.05, 3.63) is 59.1 Å². The molecule has 0 spiro atoms. The van der Waals surface area contributed by atoms with Crippen molar-refractivity contribution in [3.8, 4) is 21.3 Å². The molecule has 0 unspecified atom stereocenters. The van der Waals surface area contributed by atoms with Crippen LogP contribution in [0.1, 0.15) is 11.1 Å². The van der Waals surface area contributed by atoms with E-state index in [4.69, 9.17) is 17.7 Å². The number of thiophene rings is 2. The van der Waals surface area contributed by atoms with Gasteiger partial charge in [-0.1, -0.05) is 12.1 Å². The first kappa shape index (κ1) is 24.1. The smallest absolute Gasteiger partial charge is 0.192 e. The predicted octanol–water partition coefficient (Wildman–Crippen LogP) is 10.1. The molecule has 8 aromatic rings. The van der Waals surface area contributed by atoms with Crippen molar-refractivity contribution < 1.29 is 17.7 Å². The molecule has 6 aromatic heterocycles. The summed E-state index contributed by atoms with van der Waals surface area (Å²) in [5, 5.41) is 2.25. The molecule has 10 heteroatoms. The molecule has 4 nitrogen and oxygen atoms in total. The van der Waals surface area contributed by atoms with Gasteiger partial charge in [0.25, 0.3) is 0 Å². The highest BCUT2D eigenvalue weighted by molar-refractivity contribution is 14.1. The van der Waals surface area contributed by atoms with Gasteiger partial charge in [-0.15, -0.1) is 22.7 Å². The lowest BCUT2D eigenvalue weighted by molar-refractivity contribution is 0.629. The van der Waals surface area contributed by atoms with Crippen LogP contribution in [0.25, 0.3) is 74.9 Å². The summed E-state index contributed by atoms with van der Waals surface area (Å²) in [6, 6.07) is 12.7. The Bertz CT molecular complexity index is 2120. The second-order valence-electron chi connectivity index (χ2n) is 9.47. The lowest BCUT2D eigenvalue weighted by Gasteiger charge is -1.96. The Kier molecular flexibility index (Phi) is 5.32. The number of hydrogen-bond donors (Lipinski definition) is 0. The van der Waals surface area contributed by atoms with Crippen LogP contribution in [0.15, 0.2) is 58.5 Å². The quantitative estimate of drug-likeness (QED) is 0.129. The molecule has 0 atom stereocenters. The Hall–Kier alpha value is -1.74. The van der Waals surface area contributed by atoms with Gasteiger partial charge in [-0.2, -0.15) is 0 Å². The van der Waals surface area contributed by atoms with Crippen LogP contribution in [0.3, 0.4) is 0 Å². The van der Waals surface area contributed by atoms with Gasteiger partial charge in [0, 0.05) is 10.8 Å². The van der Waals surface area contributed by atoms with Gasteiger partial charge in [-0.05, 0) is 116 Å². The molecule has 0 amide bonds. The van der Waals surface area contributed by atoms with Gasteiger partial charge in [0.2, 0.25) is 0 Å². The largest absolute Gasteiger partial charge is 0.454 e. The second-order valence-corrected chi connectivity index (χ2v) is 14.5. The third-order valence-electron chi connectivity index (χ3n) is 6.91. The molecule has 0 aliphatic heterocycles. The lowest BCUT2D eigenvalue weighted by atomic mass is 9.95. The molecule has 0 radical (unpaired) electrons. The van der Waals surface area contributed by atoms with E-state index in [2.05, 4.69) is 119 Å². The molecule has 0 saturated carbocycles. The molecule has 8 rings (SSSR count). The van der Waals surface area contributed by atoms with Crippen LogP contribution in [-0.2, 0) is 0 Å². The van der Waals surface area contributed by atoms with Gasteiger partial charge in [0.15, 0.2) is 28.3 Å². The Morgan fingerprint density at radius 1 is 0.684 bits per heavy atom. The maximum atomic E-state index is 6.51. The molecule has 2 aromatic carbocycles. The number of fused-ring (bicyclic) bond motifs is 7. The molecular weight excluding hydrogens is 809 g/mol. The highest BCUT2D eigenvalue weighted by Crippen LogP contribution is 2.52. The van der Waals surface area contributed by atoms with Crippen molar-refractivity contribution in [2.75, 3.05) is 0 Å². The molecule has 186 valence electrons. The maximum Gasteiger partial charge on any atom is 0.192 e. The van der Waals surface area contributed by atoms with Crippen LogP contribution < -0.4 is 5.46 Å². The van der Waals surface area contributed by atoms with Crippen LogP contribution in [-0.4, -0.2) is 7.85 Å². The molecule has 0 saturated heterocycles. The fourth-order valence-electron chi connectivity index (χ4n) is 5.00. The third kappa shape index (κ3) is 3.23. The normalized spacial score (nSPS) is 12.4. The van der Waals surface area contributed by atoms with Crippen molar-refractivity contribution in [3.63, 3.8) is 0 Å². The van der Waals surface area contributed by atoms with Crippen molar-refractivity contribution >= 4 is 151 Å². The third-order valence-corrected chi connectivity index (χ3v) is 12.5. The lowest BCUT2D eigenvalue weighted by Crippen LogP contribution is -2.01. The van der Waals surface area contributed by atoms with Gasteiger partial charge < -0.3 is 17.7 Å². The van der Waals surface area contributed by atoms with E-state index in [0.29, 0.717) is 0 Å². The summed E-state index contributed by atoms with van der Waals surface area (Å²) in [5.41, 5.74) is 8.43. The Labute approximate surface area is 260 Å². The molecular formula is C28H14BBrI2O4S2. The van der Waals surface area contributed by atoms with Gasteiger partial charge in [-0.25, -0.2) is 0 Å². The molecule has 6 heterocycles. The topological polar surface area (TPSA) is 52.6 Å². The standard InChI is InChI=1S/C28H14BBrI2O4S2/c1-9-3-5-11-13(7-9)33-21(17(11)31)25-15(29)19-27(37-25)23-24(35-19)28-20(36-23)16(30)26(38-28)22-18(32)12-6-4-10(2)8-14(12)34-22/h3-8H,29H2,1-2H3. The van der Waals surface area contributed by atoms with Crippen molar-refractivity contribution in [1.29, 1.82) is 0 Å². The van der Waals surface area contributed by atoms with Gasteiger partial charge in [-0.3, -0.25) is 0 Å². The number of aryl methyl sites for hydroxylation is 2. The molecule has 0 aliphatic rings. The number of rotatable bonds is 2. The SMILES string of the molecule is Bc1c(-c2oc3cc(C)ccc3c2I)sc2c1oc1c2oc2c(Br)c(-c3oc4cc(C)ccc4c3I)sc21. The van der Waals surface area contributed by atoms with Crippen LogP contribution in [0, 0.1) is 21.0 Å². The van der Waals surface area contributed by atoms with E-state index in [1.165, 1.54) is 11.1 Å². The molecule has 0 aliphatic carbocycles. The number of hydrogen-bond acceptors (Lipinski definition) is 6. The summed E-state index contributed by atoms with van der Waals surface area (Å²) in [6.07, 6.45) is 0. The van der Waals surface area contributed by atoms with Gasteiger partial charge >= 0.3 is 0 Å². The van der Waals surface area contributed by atoms with Crippen molar-refractivity contribution in [2.24, 2.45) is 0 Å². The minimum absolute atomic E-state index is 0.782. The van der Waals surface area contributed by atoms with E-state index in [-0.39, 0.29) is 0 Å². The first-order valence-corrected chi connectivity index (χ1v) is 16.3. The fourth-order valence-corrected chi connectivity index (χ4v) is 10.1. The zero-order chi connectivity index (χ0) is 26.0. The van der Waals surface area contributed by atoms with Crippen molar-refractivity contribution in [2.45, 2.75) is 13.8 Å². The second kappa shape index (κ2) is 8.39. The average molecular weight is 823 g/mol. The first-order valence-electron chi connectivity index (χ1n) is 11.7. The minimum Gasteiger partial charge on any atom is -0.454 e. The van der Waals surface area contributed by atoms with Gasteiger partial charge in [0.1, 0.15) is 34.0 Å². The van der Waals surface area contributed by atoms with E-state index in [9.17, 15) is 0 Å². The van der Waals surface area contributed by atoms with Crippen LogP contribution in [0.5, 0.6) is 0 Å². The zero-order valence-electron chi connectivity index (χ0n) is 20.0. The molecule has 0 bridgehead atoms. The number of furan rings is 4. The van der Waals surface area contributed by atoms with Crippen LogP contribution >= 0.6 is 83.8 Å². The molecule has 0 N–H and O–H groups in total. The van der Waals surface area contributed by atoms with Crippen LogP contribution in [0.4, 0.5) is 0 Å². The fraction of sp³-hybridized carbons (Fsp3) is 0.0714.